The molecule has 4 aromatic rings. The molecule has 2 aromatic heterocycles. The molecule has 0 radical (unpaired) electrons. The zero-order valence-electron chi connectivity index (χ0n) is 25.7. The van der Waals surface area contributed by atoms with E-state index >= 15 is 0 Å². The Kier molecular flexibility index (Phi) is 9.56. The number of hydrogen-bond acceptors (Lipinski definition) is 7. The molecule has 0 saturated carbocycles. The molecule has 0 bridgehead atoms. The first-order chi connectivity index (χ1) is 21.6. The number of hydrogen-bond donors (Lipinski definition) is 2. The van der Waals surface area contributed by atoms with Crippen molar-refractivity contribution < 1.29 is 27.9 Å². The molecule has 1 saturated heterocycles. The second kappa shape index (κ2) is 13.5. The van der Waals surface area contributed by atoms with Crippen molar-refractivity contribution in [3.63, 3.8) is 0 Å². The number of carbonyl (C=O) groups excluding carboxylic acids is 2. The van der Waals surface area contributed by atoms with Crippen LogP contribution in [0.5, 0.6) is 0 Å². The average Bonchev–Trinajstić information content (AvgIpc) is 3.74. The minimum Gasteiger partial charge on any atom is -0.383 e. The third kappa shape index (κ3) is 6.72. The molecular weight excluding hydrogens is 586 g/mol. The first-order valence-corrected chi connectivity index (χ1v) is 14.3. The highest BCUT2D eigenvalue weighted by Crippen LogP contribution is 2.32. The van der Waals surface area contributed by atoms with E-state index in [-0.39, 0.29) is 25.6 Å². The number of anilines is 1. The average molecular weight is 623 g/mol. The largest absolute Gasteiger partial charge is 0.383 e. The molecule has 3 atom stereocenters. The summed E-state index contributed by atoms with van der Waals surface area (Å²) >= 11 is 0. The number of likely N-dealkylation sites (tertiary alicyclic amines) is 1. The number of ether oxygens (including phenoxy) is 1. The molecule has 1 unspecified atom stereocenters. The van der Waals surface area contributed by atoms with Crippen molar-refractivity contribution in [2.24, 2.45) is 7.05 Å². The van der Waals surface area contributed by atoms with Gasteiger partial charge in [-0.1, -0.05) is 24.3 Å². The molecule has 1 aliphatic rings. The van der Waals surface area contributed by atoms with Gasteiger partial charge in [-0.3, -0.25) is 24.5 Å². The van der Waals surface area contributed by atoms with E-state index in [1.807, 2.05) is 55.4 Å². The summed E-state index contributed by atoms with van der Waals surface area (Å²) in [5.41, 5.74) is 3.38. The van der Waals surface area contributed by atoms with E-state index in [0.29, 0.717) is 17.1 Å². The summed E-state index contributed by atoms with van der Waals surface area (Å²) in [6.45, 7) is 2.41. The zero-order valence-corrected chi connectivity index (χ0v) is 25.7. The monoisotopic (exact) mass is 622 g/mol. The molecule has 1 aliphatic heterocycles. The number of methoxy groups -OCH3 is 1. The van der Waals surface area contributed by atoms with Crippen LogP contribution in [0.3, 0.4) is 0 Å². The van der Waals surface area contributed by atoms with E-state index in [1.165, 1.54) is 27.3 Å². The first-order valence-electron chi connectivity index (χ1n) is 14.3. The van der Waals surface area contributed by atoms with Gasteiger partial charge in [0.05, 0.1) is 31.6 Å². The fourth-order valence-corrected chi connectivity index (χ4v) is 5.63. The quantitative estimate of drug-likeness (QED) is 0.260. The van der Waals surface area contributed by atoms with Gasteiger partial charge in [-0.25, -0.2) is 23.3 Å². The molecule has 3 amide bonds. The van der Waals surface area contributed by atoms with Gasteiger partial charge < -0.3 is 10.1 Å². The third-order valence-electron chi connectivity index (χ3n) is 8.00. The van der Waals surface area contributed by atoms with Gasteiger partial charge in [0, 0.05) is 57.5 Å². The van der Waals surface area contributed by atoms with Crippen LogP contribution >= 0.6 is 0 Å². The van der Waals surface area contributed by atoms with Crippen LogP contribution in [-0.4, -0.2) is 94.5 Å². The molecule has 1 fully saturated rings. The predicted octanol–water partition coefficient (Wildman–Crippen LogP) is 3.48. The molecule has 3 heterocycles. The molecule has 0 spiro atoms. The molecular formula is C31H36F2N8O4. The number of likely N-dealkylation sites (N-methyl/N-ethyl adjacent to an activating group) is 1. The van der Waals surface area contributed by atoms with Crippen molar-refractivity contribution in [3.8, 4) is 16.9 Å². The molecule has 45 heavy (non-hydrogen) atoms. The maximum Gasteiger partial charge on any atom is 0.320 e. The Morgan fingerprint density at radius 3 is 2.51 bits per heavy atom. The number of urea groups is 1. The summed E-state index contributed by atoms with van der Waals surface area (Å²) in [5, 5.41) is 16.1. The van der Waals surface area contributed by atoms with Crippen molar-refractivity contribution in [2.45, 2.75) is 24.9 Å². The van der Waals surface area contributed by atoms with E-state index in [2.05, 4.69) is 15.7 Å². The molecule has 2 N–H and O–H groups in total. The molecule has 14 heteroatoms. The number of rotatable bonds is 10. The second-order valence-electron chi connectivity index (χ2n) is 10.9. The number of hydroxylamine groups is 2. The Hall–Kier alpha value is -4.66. The number of aromatic nitrogens is 4. The molecule has 0 aliphatic carbocycles. The number of carbonyl (C=O) groups is 2. The summed E-state index contributed by atoms with van der Waals surface area (Å²) < 4.78 is 36.9. The van der Waals surface area contributed by atoms with E-state index in [1.54, 1.807) is 15.6 Å². The third-order valence-corrected chi connectivity index (χ3v) is 8.00. The van der Waals surface area contributed by atoms with E-state index < -0.39 is 35.7 Å². The number of halogens is 2. The van der Waals surface area contributed by atoms with Crippen LogP contribution in [0.1, 0.15) is 17.0 Å². The van der Waals surface area contributed by atoms with Gasteiger partial charge in [0.15, 0.2) is 11.6 Å². The van der Waals surface area contributed by atoms with Crippen molar-refractivity contribution in [1.82, 2.24) is 34.8 Å². The van der Waals surface area contributed by atoms with Gasteiger partial charge in [0.25, 0.3) is 5.91 Å². The Labute approximate surface area is 259 Å². The van der Waals surface area contributed by atoms with Gasteiger partial charge in [-0.15, -0.1) is 0 Å². The summed E-state index contributed by atoms with van der Waals surface area (Å²) in [4.78, 5) is 33.8. The van der Waals surface area contributed by atoms with Crippen molar-refractivity contribution in [1.29, 1.82) is 0 Å². The van der Waals surface area contributed by atoms with Crippen LogP contribution in [0.2, 0.25) is 0 Å². The smallest absolute Gasteiger partial charge is 0.320 e. The lowest BCUT2D eigenvalue weighted by Crippen LogP contribution is -2.50. The normalized spacial score (nSPS) is 17.3. The zero-order chi connectivity index (χ0) is 32.2. The number of amides is 3. The minimum atomic E-state index is -0.997. The highest BCUT2D eigenvalue weighted by molar-refractivity contribution is 5.91. The Balaban J connectivity index is 1.45. The lowest BCUT2D eigenvalue weighted by Gasteiger charge is -2.29. The topological polar surface area (TPSA) is 119 Å². The molecule has 238 valence electrons. The van der Waals surface area contributed by atoms with Crippen LogP contribution in [-0.2, 0) is 21.4 Å². The van der Waals surface area contributed by atoms with E-state index in [4.69, 9.17) is 14.7 Å². The lowest BCUT2D eigenvalue weighted by molar-refractivity contribution is -0.176. The first kappa shape index (κ1) is 31.8. The Bertz CT molecular complexity index is 1660. The van der Waals surface area contributed by atoms with Gasteiger partial charge in [-0.2, -0.15) is 10.2 Å². The van der Waals surface area contributed by atoms with Crippen LogP contribution in [0, 0.1) is 18.6 Å². The van der Waals surface area contributed by atoms with Gasteiger partial charge >= 0.3 is 6.03 Å². The Morgan fingerprint density at radius 2 is 1.87 bits per heavy atom. The highest BCUT2D eigenvalue weighted by atomic mass is 19.2. The Morgan fingerprint density at radius 1 is 1.11 bits per heavy atom. The van der Waals surface area contributed by atoms with Crippen molar-refractivity contribution >= 4 is 17.8 Å². The number of benzene rings is 2. The minimum absolute atomic E-state index is 0.0581. The summed E-state index contributed by atoms with van der Waals surface area (Å²) in [6.07, 6.45) is 3.54. The van der Waals surface area contributed by atoms with Crippen molar-refractivity contribution in [2.75, 3.05) is 46.3 Å². The predicted molar refractivity (Wildman–Crippen MR) is 163 cm³/mol. The fraction of sp³-hybridized carbons (Fsp3) is 0.355. The van der Waals surface area contributed by atoms with E-state index in [0.717, 1.165) is 34.0 Å². The SMILES string of the molecule is COCC(C(=O)N(C)OC)N1C[C@@H](NC(=O)Nc2c(C)c(-c3cnn(C)c3)nn2-c2ccccc2)[C@H](c2ccc(F)c(F)c2)C1. The highest BCUT2D eigenvalue weighted by Gasteiger charge is 2.41. The molecule has 12 nitrogen and oxygen atoms in total. The maximum absolute atomic E-state index is 14.4. The lowest BCUT2D eigenvalue weighted by atomic mass is 9.94. The number of nitrogens with one attached hydrogen (secondary N) is 2. The summed E-state index contributed by atoms with van der Waals surface area (Å²) in [6, 6.07) is 11.2. The standard InChI is InChI=1S/C31H36F2N8O4/c1-19-28(21-14-34-38(2)15-21)37-41(22-9-7-6-8-10-22)29(19)36-31(43)35-26-17-40(27(18-44-4)30(42)39(3)45-5)16-23(26)20-11-12-24(32)25(33)13-20/h6-15,23,26-27H,16-18H2,1-5H3,(H2,35,36,43)/t23-,26+,27?/m0/s1. The maximum atomic E-state index is 14.4. The van der Waals surface area contributed by atoms with Gasteiger partial charge in [-0.05, 0) is 36.8 Å². The van der Waals surface area contributed by atoms with E-state index in [9.17, 15) is 18.4 Å². The molecule has 2 aromatic carbocycles. The fourth-order valence-electron chi connectivity index (χ4n) is 5.63. The summed E-state index contributed by atoms with van der Waals surface area (Å²) in [5.74, 6) is -2.34. The molecule has 5 rings (SSSR count). The van der Waals surface area contributed by atoms with Crippen LogP contribution in [0.15, 0.2) is 60.9 Å². The van der Waals surface area contributed by atoms with Crippen molar-refractivity contribution in [3.05, 3.63) is 83.7 Å². The number of aryl methyl sites for hydroxylation is 1. The number of para-hydroxylation sites is 1. The van der Waals surface area contributed by atoms with Gasteiger partial charge in [0.1, 0.15) is 17.6 Å². The number of nitrogens with zero attached hydrogens (tertiary/aromatic N) is 6. The summed E-state index contributed by atoms with van der Waals surface area (Å²) in [7, 11) is 6.17. The van der Waals surface area contributed by atoms with Gasteiger partial charge in [0.2, 0.25) is 0 Å². The van der Waals surface area contributed by atoms with Crippen LogP contribution in [0.4, 0.5) is 19.4 Å². The van der Waals surface area contributed by atoms with Crippen LogP contribution < -0.4 is 10.6 Å². The second-order valence-corrected chi connectivity index (χ2v) is 10.9. The van der Waals surface area contributed by atoms with Crippen LogP contribution in [0.25, 0.3) is 16.9 Å².